The molecule has 1 amide bonds. The number of H-pyrrole nitrogens is 1. The zero-order chi connectivity index (χ0) is 19.9. The number of carbonyl (C=O) groups is 1. The number of fused-ring (bicyclic) bond motifs is 1. The lowest BCUT2D eigenvalue weighted by molar-refractivity contribution is 0.0781. The Labute approximate surface area is 158 Å². The van der Waals surface area contributed by atoms with Crippen LogP contribution in [0.15, 0.2) is 30.3 Å². The first-order valence-electron chi connectivity index (χ1n) is 8.61. The van der Waals surface area contributed by atoms with E-state index in [0.29, 0.717) is 16.7 Å². The summed E-state index contributed by atoms with van der Waals surface area (Å²) in [5.41, 5.74) is 3.08. The van der Waals surface area contributed by atoms with Crippen LogP contribution >= 0.6 is 0 Å². The fourth-order valence-corrected chi connectivity index (χ4v) is 3.30. The predicted octanol–water partition coefficient (Wildman–Crippen LogP) is 3.34. The first-order valence-corrected chi connectivity index (χ1v) is 8.61. The highest BCUT2D eigenvalue weighted by Gasteiger charge is 2.27. The molecule has 138 valence electrons. The number of nitrogens with zero attached hydrogens (tertiary/aromatic N) is 3. The number of benzene rings is 2. The average molecular weight is 362 g/mol. The van der Waals surface area contributed by atoms with Crippen LogP contribution in [0.4, 0.5) is 0 Å². The van der Waals surface area contributed by atoms with E-state index in [9.17, 15) is 15.2 Å². The van der Waals surface area contributed by atoms with Crippen LogP contribution in [0, 0.1) is 18.3 Å². The summed E-state index contributed by atoms with van der Waals surface area (Å²) in [6.07, 6.45) is 0. The summed E-state index contributed by atoms with van der Waals surface area (Å²) in [6, 6.07) is 11.1. The van der Waals surface area contributed by atoms with Crippen LogP contribution < -0.4 is 0 Å². The lowest BCUT2D eigenvalue weighted by Crippen LogP contribution is -2.24. The highest BCUT2D eigenvalue weighted by atomic mass is 16.3. The fourth-order valence-electron chi connectivity index (χ4n) is 3.30. The van der Waals surface area contributed by atoms with Gasteiger partial charge in [0.1, 0.15) is 5.82 Å². The molecule has 2 N–H and O–H groups in total. The van der Waals surface area contributed by atoms with Gasteiger partial charge in [-0.05, 0) is 56.2 Å². The fraction of sp³-hybridized carbons (Fsp3) is 0.286. The minimum absolute atomic E-state index is 0.200. The van der Waals surface area contributed by atoms with Gasteiger partial charge in [0.25, 0.3) is 5.91 Å². The van der Waals surface area contributed by atoms with Crippen LogP contribution in [0.2, 0.25) is 0 Å². The van der Waals surface area contributed by atoms with Gasteiger partial charge in [0.2, 0.25) is 0 Å². The van der Waals surface area contributed by atoms with Crippen molar-refractivity contribution in [3.63, 3.8) is 0 Å². The van der Waals surface area contributed by atoms with Gasteiger partial charge >= 0.3 is 0 Å². The number of aliphatic hydroxyl groups is 1. The average Bonchev–Trinajstić information content (AvgIpc) is 2.97. The number of hydrogen-bond donors (Lipinski definition) is 2. The first kappa shape index (κ1) is 18.6. The van der Waals surface area contributed by atoms with Crippen molar-refractivity contribution in [1.29, 1.82) is 5.26 Å². The molecule has 0 bridgehead atoms. The maximum atomic E-state index is 12.5. The topological polar surface area (TPSA) is 93.0 Å². The van der Waals surface area contributed by atoms with Crippen molar-refractivity contribution < 1.29 is 9.90 Å². The summed E-state index contributed by atoms with van der Waals surface area (Å²) in [5, 5.41) is 20.4. The summed E-state index contributed by atoms with van der Waals surface area (Å²) in [4.78, 5) is 21.6. The Kier molecular flexibility index (Phi) is 4.50. The van der Waals surface area contributed by atoms with Crippen LogP contribution in [0.1, 0.15) is 41.2 Å². The summed E-state index contributed by atoms with van der Waals surface area (Å²) < 4.78 is 0. The Hall–Kier alpha value is -3.17. The molecule has 0 aliphatic carbocycles. The predicted molar refractivity (Wildman–Crippen MR) is 104 cm³/mol. The van der Waals surface area contributed by atoms with Gasteiger partial charge in [0, 0.05) is 25.2 Å². The van der Waals surface area contributed by atoms with E-state index < -0.39 is 5.60 Å². The summed E-state index contributed by atoms with van der Waals surface area (Å²) in [7, 11) is 3.33. The molecule has 3 aromatic rings. The molecule has 27 heavy (non-hydrogen) atoms. The standard InChI is InChI=1S/C21H22N4O2/c1-12-23-17-7-6-13(10-18(17)24-12)16-9-14(20(26)25(4)5)8-15(11-22)19(16)21(2,3)27/h6-10,27H,1-5H3,(H,23,24). The Balaban J connectivity index is 2.34. The lowest BCUT2D eigenvalue weighted by Gasteiger charge is -2.24. The van der Waals surface area contributed by atoms with Gasteiger partial charge in [0.15, 0.2) is 0 Å². The van der Waals surface area contributed by atoms with Crippen LogP contribution in [0.25, 0.3) is 22.2 Å². The summed E-state index contributed by atoms with van der Waals surface area (Å²) in [6.45, 7) is 5.16. The summed E-state index contributed by atoms with van der Waals surface area (Å²) >= 11 is 0. The number of amides is 1. The van der Waals surface area contributed by atoms with E-state index in [-0.39, 0.29) is 11.5 Å². The molecule has 0 aliphatic heterocycles. The number of aromatic amines is 1. The Morgan fingerprint density at radius 1 is 1.26 bits per heavy atom. The lowest BCUT2D eigenvalue weighted by atomic mass is 9.84. The molecular formula is C21H22N4O2. The number of carbonyl (C=O) groups excluding carboxylic acids is 1. The number of nitrogens with one attached hydrogen (secondary N) is 1. The monoisotopic (exact) mass is 362 g/mol. The summed E-state index contributed by atoms with van der Waals surface area (Å²) in [5.74, 6) is 0.604. The minimum Gasteiger partial charge on any atom is -0.386 e. The SMILES string of the molecule is Cc1nc2ccc(-c3cc(C(=O)N(C)C)cc(C#N)c3C(C)(C)O)cc2[nH]1. The zero-order valence-electron chi connectivity index (χ0n) is 16.1. The third-order valence-corrected chi connectivity index (χ3v) is 4.44. The van der Waals surface area contributed by atoms with Gasteiger partial charge in [-0.15, -0.1) is 0 Å². The molecule has 0 atom stereocenters. The van der Waals surface area contributed by atoms with Gasteiger partial charge in [-0.1, -0.05) is 6.07 Å². The smallest absolute Gasteiger partial charge is 0.253 e. The van der Waals surface area contributed by atoms with E-state index in [1.165, 1.54) is 11.0 Å². The molecule has 3 rings (SSSR count). The largest absolute Gasteiger partial charge is 0.386 e. The molecule has 0 fully saturated rings. The molecule has 0 spiro atoms. The molecule has 0 aliphatic rings. The Morgan fingerprint density at radius 2 is 1.96 bits per heavy atom. The normalized spacial score (nSPS) is 11.4. The second kappa shape index (κ2) is 6.53. The van der Waals surface area contributed by atoms with Crippen molar-refractivity contribution in [1.82, 2.24) is 14.9 Å². The molecule has 6 nitrogen and oxygen atoms in total. The number of aryl methyl sites for hydroxylation is 1. The van der Waals surface area contributed by atoms with Crippen molar-refractivity contribution in [3.05, 3.63) is 52.8 Å². The van der Waals surface area contributed by atoms with E-state index in [1.807, 2.05) is 25.1 Å². The molecule has 0 saturated carbocycles. The van der Waals surface area contributed by atoms with Crippen molar-refractivity contribution in [2.45, 2.75) is 26.4 Å². The van der Waals surface area contributed by atoms with E-state index in [0.717, 1.165) is 22.4 Å². The zero-order valence-corrected chi connectivity index (χ0v) is 16.1. The van der Waals surface area contributed by atoms with Crippen molar-refractivity contribution in [3.8, 4) is 17.2 Å². The third-order valence-electron chi connectivity index (χ3n) is 4.44. The number of aromatic nitrogens is 2. The first-order chi connectivity index (χ1) is 12.6. The van der Waals surface area contributed by atoms with Gasteiger partial charge < -0.3 is 15.0 Å². The van der Waals surface area contributed by atoms with Crippen LogP contribution in [-0.2, 0) is 5.60 Å². The molecule has 1 aromatic heterocycles. The minimum atomic E-state index is -1.25. The maximum Gasteiger partial charge on any atom is 0.253 e. The number of nitriles is 1. The maximum absolute atomic E-state index is 12.5. The molecule has 6 heteroatoms. The van der Waals surface area contributed by atoms with E-state index in [2.05, 4.69) is 16.0 Å². The number of hydrogen-bond acceptors (Lipinski definition) is 4. The second-order valence-electron chi connectivity index (χ2n) is 7.37. The molecular weight excluding hydrogens is 340 g/mol. The highest BCUT2D eigenvalue weighted by molar-refractivity contribution is 5.97. The molecule has 0 saturated heterocycles. The van der Waals surface area contributed by atoms with E-state index in [1.54, 1.807) is 34.0 Å². The quantitative estimate of drug-likeness (QED) is 0.747. The number of rotatable bonds is 3. The second-order valence-corrected chi connectivity index (χ2v) is 7.37. The molecule has 0 radical (unpaired) electrons. The van der Waals surface area contributed by atoms with Crippen LogP contribution in [-0.4, -0.2) is 40.0 Å². The number of imidazole rings is 1. The Bertz CT molecular complexity index is 1080. The van der Waals surface area contributed by atoms with Gasteiger partial charge in [0.05, 0.1) is 28.3 Å². The van der Waals surface area contributed by atoms with Crippen molar-refractivity contribution in [2.24, 2.45) is 0 Å². The third kappa shape index (κ3) is 3.42. The van der Waals surface area contributed by atoms with E-state index in [4.69, 9.17) is 0 Å². The van der Waals surface area contributed by atoms with Crippen molar-refractivity contribution >= 4 is 16.9 Å². The molecule has 1 heterocycles. The van der Waals surface area contributed by atoms with Crippen LogP contribution in [0.5, 0.6) is 0 Å². The molecule has 2 aromatic carbocycles. The van der Waals surface area contributed by atoms with Gasteiger partial charge in [-0.3, -0.25) is 4.79 Å². The van der Waals surface area contributed by atoms with Crippen molar-refractivity contribution in [2.75, 3.05) is 14.1 Å². The van der Waals surface area contributed by atoms with Gasteiger partial charge in [-0.2, -0.15) is 5.26 Å². The van der Waals surface area contributed by atoms with E-state index >= 15 is 0 Å². The molecule has 0 unspecified atom stereocenters. The Morgan fingerprint density at radius 3 is 2.56 bits per heavy atom. The highest BCUT2D eigenvalue weighted by Crippen LogP contribution is 2.36. The van der Waals surface area contributed by atoms with Crippen LogP contribution in [0.3, 0.4) is 0 Å². The van der Waals surface area contributed by atoms with Gasteiger partial charge in [-0.25, -0.2) is 4.98 Å².